The van der Waals surface area contributed by atoms with Crippen molar-refractivity contribution >= 4 is 29.0 Å². The number of ether oxygens (including phenoxy) is 2. The molecule has 3 aromatic carbocycles. The summed E-state index contributed by atoms with van der Waals surface area (Å²) in [6.45, 7) is 15.2. The normalized spacial score (nSPS) is 12.1. The van der Waals surface area contributed by atoms with E-state index in [1.165, 1.54) is 24.8 Å². The number of anilines is 3. The van der Waals surface area contributed by atoms with Gasteiger partial charge < -0.3 is 30.5 Å². The van der Waals surface area contributed by atoms with Crippen molar-refractivity contribution in [3.8, 4) is 23.3 Å². The van der Waals surface area contributed by atoms with Crippen LogP contribution in [-0.2, 0) is 15.6 Å². The monoisotopic (exact) mass is 628 g/mol. The minimum Gasteiger partial charge on any atom is -0.506 e. The lowest BCUT2D eigenvalue weighted by atomic mass is 9.76. The Balaban J connectivity index is 1.86. The molecular formula is C37H48N4O5. The van der Waals surface area contributed by atoms with Gasteiger partial charge in [0.1, 0.15) is 17.2 Å². The summed E-state index contributed by atoms with van der Waals surface area (Å²) in [6.07, 6.45) is 3.27. The van der Waals surface area contributed by atoms with Gasteiger partial charge in [0.05, 0.1) is 30.1 Å². The van der Waals surface area contributed by atoms with Gasteiger partial charge in [-0.15, -0.1) is 0 Å². The van der Waals surface area contributed by atoms with Gasteiger partial charge in [-0.3, -0.25) is 4.79 Å². The number of phenols is 1. The molecule has 4 N–H and O–H groups in total. The van der Waals surface area contributed by atoms with Gasteiger partial charge in [-0.25, -0.2) is 4.79 Å². The van der Waals surface area contributed by atoms with E-state index in [-0.39, 0.29) is 39.6 Å². The van der Waals surface area contributed by atoms with Gasteiger partial charge in [0.15, 0.2) is 6.10 Å². The van der Waals surface area contributed by atoms with Gasteiger partial charge in [-0.1, -0.05) is 67.0 Å². The summed E-state index contributed by atoms with van der Waals surface area (Å²) < 4.78 is 12.0. The largest absolute Gasteiger partial charge is 0.506 e. The van der Waals surface area contributed by atoms with Crippen LogP contribution in [0.15, 0.2) is 54.6 Å². The van der Waals surface area contributed by atoms with E-state index in [1.807, 2.05) is 12.1 Å². The topological polar surface area (TPSA) is 133 Å². The van der Waals surface area contributed by atoms with Crippen molar-refractivity contribution in [2.24, 2.45) is 0 Å². The number of nitrogens with one attached hydrogen (secondary N) is 3. The number of hydrogen-bond acceptors (Lipinski definition) is 6. The number of rotatable bonds is 14. The van der Waals surface area contributed by atoms with Crippen LogP contribution in [0.25, 0.3) is 0 Å². The smallest absolute Gasteiger partial charge is 0.323 e. The Bertz CT molecular complexity index is 1560. The van der Waals surface area contributed by atoms with Crippen molar-refractivity contribution in [1.29, 1.82) is 5.26 Å². The highest BCUT2D eigenvalue weighted by Crippen LogP contribution is 2.40. The molecule has 0 aliphatic heterocycles. The Morgan fingerprint density at radius 2 is 1.54 bits per heavy atom. The van der Waals surface area contributed by atoms with Crippen molar-refractivity contribution in [1.82, 2.24) is 0 Å². The summed E-state index contributed by atoms with van der Waals surface area (Å²) in [7, 11) is 1.44. The van der Waals surface area contributed by atoms with E-state index in [9.17, 15) is 14.7 Å². The highest BCUT2D eigenvalue weighted by atomic mass is 16.5. The standard InChI is InChI=1S/C37H48N4O5/c1-9-12-13-32(46-31-19-16-25(36(4,5)10-2)20-27(31)37(6,7)11-3)34(43)40-29-21-30(42)28(22-33(29)45-8)41-35(44)39-26-17-14-24(23-38)15-18-26/h14-22,32,42H,9-13H2,1-8H3,(H,40,43)(H2,39,41,44). The molecule has 9 nitrogen and oxygen atoms in total. The summed E-state index contributed by atoms with van der Waals surface area (Å²) in [5.41, 5.74) is 3.38. The molecule has 0 aliphatic rings. The Morgan fingerprint density at radius 1 is 0.870 bits per heavy atom. The van der Waals surface area contributed by atoms with Gasteiger partial charge in [0.2, 0.25) is 0 Å². The minimum atomic E-state index is -0.792. The molecule has 46 heavy (non-hydrogen) atoms. The fraction of sp³-hybridized carbons (Fsp3) is 0.432. The molecule has 0 saturated heterocycles. The van der Waals surface area contributed by atoms with Crippen LogP contribution in [0, 0.1) is 11.3 Å². The second-order valence-corrected chi connectivity index (χ2v) is 12.8. The van der Waals surface area contributed by atoms with Crippen molar-refractivity contribution in [3.05, 3.63) is 71.3 Å². The Kier molecular flexibility index (Phi) is 12.1. The molecule has 0 aliphatic carbocycles. The van der Waals surface area contributed by atoms with Gasteiger partial charge in [0.25, 0.3) is 5.91 Å². The lowest BCUT2D eigenvalue weighted by Crippen LogP contribution is -2.34. The van der Waals surface area contributed by atoms with Gasteiger partial charge in [-0.05, 0) is 72.4 Å². The van der Waals surface area contributed by atoms with Gasteiger partial charge >= 0.3 is 6.03 Å². The predicted octanol–water partition coefficient (Wildman–Crippen LogP) is 8.87. The van der Waals surface area contributed by atoms with E-state index in [0.29, 0.717) is 23.4 Å². The molecule has 3 aromatic rings. The van der Waals surface area contributed by atoms with E-state index in [4.69, 9.17) is 14.7 Å². The maximum atomic E-state index is 13.7. The van der Waals surface area contributed by atoms with Crippen LogP contribution < -0.4 is 25.4 Å². The molecule has 0 heterocycles. The number of carbonyl (C=O) groups excluding carboxylic acids is 2. The second-order valence-electron chi connectivity index (χ2n) is 12.8. The van der Waals surface area contributed by atoms with Crippen LogP contribution in [-0.4, -0.2) is 30.3 Å². The maximum Gasteiger partial charge on any atom is 0.323 e. The van der Waals surface area contributed by atoms with E-state index in [1.54, 1.807) is 24.3 Å². The molecule has 1 atom stereocenters. The zero-order chi connectivity index (χ0) is 34.1. The van der Waals surface area contributed by atoms with Crippen LogP contribution in [0.5, 0.6) is 17.2 Å². The van der Waals surface area contributed by atoms with Crippen LogP contribution in [0.2, 0.25) is 0 Å². The minimum absolute atomic E-state index is 0.0000242. The van der Waals surface area contributed by atoms with Crippen LogP contribution in [0.3, 0.4) is 0 Å². The van der Waals surface area contributed by atoms with Crippen molar-refractivity contribution < 1.29 is 24.2 Å². The summed E-state index contributed by atoms with van der Waals surface area (Å²) in [4.78, 5) is 26.3. The Hall–Kier alpha value is -4.71. The fourth-order valence-corrected chi connectivity index (χ4v) is 4.82. The first kappa shape index (κ1) is 35.8. The van der Waals surface area contributed by atoms with Crippen molar-refractivity contribution in [3.63, 3.8) is 0 Å². The highest BCUT2D eigenvalue weighted by Gasteiger charge is 2.30. The van der Waals surface area contributed by atoms with Crippen LogP contribution >= 0.6 is 0 Å². The third-order valence-corrected chi connectivity index (χ3v) is 8.74. The number of urea groups is 1. The molecule has 1 unspecified atom stereocenters. The van der Waals surface area contributed by atoms with Crippen molar-refractivity contribution in [2.45, 2.75) is 97.5 Å². The highest BCUT2D eigenvalue weighted by molar-refractivity contribution is 6.02. The first-order chi connectivity index (χ1) is 21.8. The van der Waals surface area contributed by atoms with Crippen LogP contribution in [0.4, 0.5) is 21.9 Å². The average molecular weight is 629 g/mol. The zero-order valence-electron chi connectivity index (χ0n) is 28.3. The van der Waals surface area contributed by atoms with Gasteiger partial charge in [-0.2, -0.15) is 5.26 Å². The summed E-state index contributed by atoms with van der Waals surface area (Å²) >= 11 is 0. The Labute approximate surface area is 273 Å². The number of methoxy groups -OCH3 is 1. The zero-order valence-corrected chi connectivity index (χ0v) is 28.3. The summed E-state index contributed by atoms with van der Waals surface area (Å²) in [5, 5.41) is 27.8. The third kappa shape index (κ3) is 8.94. The third-order valence-electron chi connectivity index (χ3n) is 8.74. The molecule has 0 spiro atoms. The number of benzene rings is 3. The van der Waals surface area contributed by atoms with Crippen molar-refractivity contribution in [2.75, 3.05) is 23.1 Å². The first-order valence-corrected chi connectivity index (χ1v) is 15.9. The SMILES string of the molecule is CCCCC(Oc1ccc(C(C)(C)CC)cc1C(C)(C)CC)C(=O)Nc1cc(O)c(NC(=O)Nc2ccc(C#N)cc2)cc1OC. The van der Waals surface area contributed by atoms with Crippen LogP contribution in [0.1, 0.15) is 97.3 Å². The molecule has 0 fully saturated rings. The number of hydrogen-bond donors (Lipinski definition) is 4. The average Bonchev–Trinajstić information content (AvgIpc) is 3.04. The predicted molar refractivity (Wildman–Crippen MR) is 184 cm³/mol. The number of carbonyl (C=O) groups is 2. The second kappa shape index (κ2) is 15.5. The molecule has 3 rings (SSSR count). The molecule has 3 amide bonds. The number of nitriles is 1. The number of nitrogens with zero attached hydrogens (tertiary/aromatic N) is 1. The summed E-state index contributed by atoms with van der Waals surface area (Å²) in [6, 6.07) is 16.8. The number of aromatic hydroxyl groups is 1. The molecule has 0 radical (unpaired) electrons. The lowest BCUT2D eigenvalue weighted by molar-refractivity contribution is -0.123. The molecule has 9 heteroatoms. The fourth-order valence-electron chi connectivity index (χ4n) is 4.82. The molecule has 246 valence electrons. The number of phenolic OH excluding ortho intramolecular Hbond substituents is 1. The van der Waals surface area contributed by atoms with E-state index in [2.05, 4.69) is 76.5 Å². The molecule has 0 bridgehead atoms. The number of unbranched alkanes of at least 4 members (excludes halogenated alkanes) is 1. The Morgan fingerprint density at radius 3 is 2.13 bits per heavy atom. The quantitative estimate of drug-likeness (QED) is 0.132. The molecular weight excluding hydrogens is 580 g/mol. The van der Waals surface area contributed by atoms with E-state index >= 15 is 0 Å². The first-order valence-electron chi connectivity index (χ1n) is 15.9. The maximum absolute atomic E-state index is 13.7. The summed E-state index contributed by atoms with van der Waals surface area (Å²) in [5.74, 6) is 0.288. The molecule has 0 saturated carbocycles. The van der Waals surface area contributed by atoms with E-state index in [0.717, 1.165) is 31.2 Å². The number of amides is 3. The lowest BCUT2D eigenvalue weighted by Gasteiger charge is -2.31. The van der Waals surface area contributed by atoms with E-state index < -0.39 is 12.1 Å². The van der Waals surface area contributed by atoms with Gasteiger partial charge in [0, 0.05) is 23.4 Å². The molecule has 0 aromatic heterocycles.